The van der Waals surface area contributed by atoms with E-state index in [9.17, 15) is 18.8 Å². The Hall–Kier alpha value is -3.84. The largest absolute Gasteiger partial charge is 0.483 e. The van der Waals surface area contributed by atoms with Crippen LogP contribution in [0, 0.1) is 17.2 Å². The minimum absolute atomic E-state index is 0.109. The number of carbonyl (C=O) groups excluding carboxylic acids is 1. The topological polar surface area (TPSA) is 105 Å². The lowest BCUT2D eigenvalue weighted by molar-refractivity contribution is -0.117. The van der Waals surface area contributed by atoms with E-state index in [1.807, 2.05) is 25.4 Å². The summed E-state index contributed by atoms with van der Waals surface area (Å²) in [7, 11) is 1.84. The molecule has 0 radical (unpaired) electrons. The van der Waals surface area contributed by atoms with Crippen molar-refractivity contribution in [1.29, 1.82) is 5.26 Å². The van der Waals surface area contributed by atoms with Crippen LogP contribution in [0.2, 0.25) is 0 Å². The number of nitrogens with one attached hydrogen (secondary N) is 2. The third-order valence-corrected chi connectivity index (χ3v) is 6.37. The second kappa shape index (κ2) is 9.07. The molecule has 5 rings (SSSR count). The molecule has 1 aliphatic heterocycles. The van der Waals surface area contributed by atoms with Crippen molar-refractivity contribution in [3.05, 3.63) is 60.0 Å². The van der Waals surface area contributed by atoms with Crippen molar-refractivity contribution in [2.24, 2.45) is 13.0 Å². The predicted octanol–water partition coefficient (Wildman–Crippen LogP) is 3.47. The van der Waals surface area contributed by atoms with Gasteiger partial charge in [-0.25, -0.2) is 13.8 Å². The maximum absolute atomic E-state index is 14.1. The van der Waals surface area contributed by atoms with Crippen LogP contribution in [-0.2, 0) is 11.8 Å². The maximum Gasteiger partial charge on any atom is 0.296 e. The average Bonchev–Trinajstić information content (AvgIpc) is 3.54. The van der Waals surface area contributed by atoms with Crippen LogP contribution in [-0.4, -0.2) is 45.8 Å². The first-order chi connectivity index (χ1) is 16.8. The third-order valence-electron chi connectivity index (χ3n) is 6.37. The summed E-state index contributed by atoms with van der Waals surface area (Å²) in [4.78, 5) is 16.9. The van der Waals surface area contributed by atoms with Crippen LogP contribution < -0.4 is 15.4 Å². The Kier molecular flexibility index (Phi) is 5.94. The maximum atomic E-state index is 14.1. The zero-order valence-electron chi connectivity index (χ0n) is 19.0. The average molecular weight is 479 g/mol. The molecule has 1 saturated heterocycles. The molecule has 3 heterocycles. The molecule has 1 amide bonds. The van der Waals surface area contributed by atoms with Crippen molar-refractivity contribution in [3.8, 4) is 22.9 Å². The van der Waals surface area contributed by atoms with E-state index in [1.54, 1.807) is 35.1 Å². The van der Waals surface area contributed by atoms with Gasteiger partial charge in [0.1, 0.15) is 17.6 Å². The first-order valence-corrected chi connectivity index (χ1v) is 11.4. The SMILES string of the molecule is Cn1ccc(C2CC2C(=O)Nc2cc(-c3ccc(O[C@H]4CCNCC4(F)F)c(C#N)c3)ccn2)n1. The molecule has 3 atom stereocenters. The van der Waals surface area contributed by atoms with Gasteiger partial charge >= 0.3 is 0 Å². The molecule has 180 valence electrons. The second-order valence-corrected chi connectivity index (χ2v) is 8.94. The van der Waals surface area contributed by atoms with E-state index < -0.39 is 18.6 Å². The number of rotatable bonds is 6. The summed E-state index contributed by atoms with van der Waals surface area (Å²) in [6, 6.07) is 12.3. The molecule has 2 fully saturated rings. The molecule has 2 aromatic heterocycles. The number of piperidine rings is 1. The highest BCUT2D eigenvalue weighted by Crippen LogP contribution is 2.47. The van der Waals surface area contributed by atoms with Crippen molar-refractivity contribution in [3.63, 3.8) is 0 Å². The number of hydrogen-bond acceptors (Lipinski definition) is 6. The first kappa shape index (κ1) is 22.9. The number of benzene rings is 1. The Labute approximate surface area is 200 Å². The van der Waals surface area contributed by atoms with Crippen molar-refractivity contribution in [2.75, 3.05) is 18.4 Å². The summed E-state index contributed by atoms with van der Waals surface area (Å²) in [6.45, 7) is -0.0260. The first-order valence-electron chi connectivity index (χ1n) is 11.4. The second-order valence-electron chi connectivity index (χ2n) is 8.94. The Bertz CT molecular complexity index is 1300. The van der Waals surface area contributed by atoms with Gasteiger partial charge in [0.15, 0.2) is 6.10 Å². The van der Waals surface area contributed by atoms with Gasteiger partial charge in [-0.15, -0.1) is 0 Å². The molecule has 3 aromatic rings. The molecular formula is C25H24F2N6O2. The molecule has 2 aliphatic rings. The van der Waals surface area contributed by atoms with Gasteiger partial charge < -0.3 is 15.4 Å². The number of aromatic nitrogens is 3. The molecular weight excluding hydrogens is 454 g/mol. The quantitative estimate of drug-likeness (QED) is 0.562. The fourth-order valence-electron chi connectivity index (χ4n) is 4.35. The summed E-state index contributed by atoms with van der Waals surface area (Å²) in [5.74, 6) is -2.65. The molecule has 2 N–H and O–H groups in total. The summed E-state index contributed by atoms with van der Waals surface area (Å²) < 4.78 is 35.6. The monoisotopic (exact) mass is 478 g/mol. The Morgan fingerprint density at radius 3 is 2.86 bits per heavy atom. The van der Waals surface area contributed by atoms with E-state index in [1.165, 1.54) is 6.07 Å². The molecule has 1 saturated carbocycles. The summed E-state index contributed by atoms with van der Waals surface area (Å²) in [5.41, 5.74) is 2.47. The van der Waals surface area contributed by atoms with Gasteiger partial charge in [0, 0.05) is 37.7 Å². The standard InChI is InChI=1S/C25H24F2N6O2/c1-33-9-6-20(32-33)18-12-19(18)24(34)31-23-11-16(4-8-30-23)15-2-3-21(17(10-15)13-28)35-22-5-7-29-14-25(22,26)27/h2-4,6,8-11,18-19,22,29H,5,7,12,14H2,1H3,(H,30,31,34)/t18?,19?,22-/m0/s1. The minimum atomic E-state index is -3.01. The van der Waals surface area contributed by atoms with Gasteiger partial charge in [-0.2, -0.15) is 10.4 Å². The van der Waals surface area contributed by atoms with Crippen molar-refractivity contribution >= 4 is 11.7 Å². The van der Waals surface area contributed by atoms with E-state index in [0.717, 1.165) is 17.7 Å². The molecule has 8 nitrogen and oxygen atoms in total. The highest BCUT2D eigenvalue weighted by Gasteiger charge is 2.45. The van der Waals surface area contributed by atoms with E-state index in [-0.39, 0.29) is 35.5 Å². The highest BCUT2D eigenvalue weighted by atomic mass is 19.3. The lowest BCUT2D eigenvalue weighted by Gasteiger charge is -2.32. The number of nitrogens with zero attached hydrogens (tertiary/aromatic N) is 4. The molecule has 0 bridgehead atoms. The van der Waals surface area contributed by atoms with Gasteiger partial charge in [0.25, 0.3) is 5.92 Å². The van der Waals surface area contributed by atoms with Crippen molar-refractivity contribution in [2.45, 2.75) is 30.8 Å². The van der Waals surface area contributed by atoms with Crippen molar-refractivity contribution < 1.29 is 18.3 Å². The minimum Gasteiger partial charge on any atom is -0.483 e. The number of nitriles is 1. The van der Waals surface area contributed by atoms with Crippen LogP contribution >= 0.6 is 0 Å². The Balaban J connectivity index is 1.29. The van der Waals surface area contributed by atoms with Gasteiger partial charge in [-0.1, -0.05) is 6.07 Å². The number of hydrogen-bond donors (Lipinski definition) is 2. The van der Waals surface area contributed by atoms with Crippen LogP contribution in [0.3, 0.4) is 0 Å². The fraction of sp³-hybridized carbons (Fsp3) is 0.360. The van der Waals surface area contributed by atoms with Crippen LogP contribution in [0.4, 0.5) is 14.6 Å². The Morgan fingerprint density at radius 2 is 2.11 bits per heavy atom. The molecule has 0 spiro atoms. The van der Waals surface area contributed by atoms with E-state index >= 15 is 0 Å². The van der Waals surface area contributed by atoms with E-state index in [4.69, 9.17) is 4.74 Å². The number of pyridine rings is 1. The van der Waals surface area contributed by atoms with E-state index in [0.29, 0.717) is 17.9 Å². The lowest BCUT2D eigenvalue weighted by Crippen LogP contribution is -2.52. The number of carbonyl (C=O) groups is 1. The lowest BCUT2D eigenvalue weighted by atomic mass is 10.0. The Morgan fingerprint density at radius 1 is 1.29 bits per heavy atom. The van der Waals surface area contributed by atoms with Gasteiger partial charge in [0.2, 0.25) is 5.91 Å². The number of alkyl halides is 2. The zero-order valence-corrected chi connectivity index (χ0v) is 19.0. The van der Waals surface area contributed by atoms with E-state index in [2.05, 4.69) is 20.7 Å². The number of anilines is 1. The fourth-order valence-corrected chi connectivity index (χ4v) is 4.35. The van der Waals surface area contributed by atoms with Crippen LogP contribution in [0.5, 0.6) is 5.75 Å². The zero-order chi connectivity index (χ0) is 24.6. The predicted molar refractivity (Wildman–Crippen MR) is 124 cm³/mol. The van der Waals surface area contributed by atoms with Crippen LogP contribution in [0.1, 0.15) is 30.0 Å². The van der Waals surface area contributed by atoms with Crippen molar-refractivity contribution in [1.82, 2.24) is 20.1 Å². The summed E-state index contributed by atoms with van der Waals surface area (Å²) in [6.07, 6.45) is 3.03. The number of amides is 1. The number of aryl methyl sites for hydroxylation is 1. The highest BCUT2D eigenvalue weighted by molar-refractivity contribution is 5.94. The molecule has 2 unspecified atom stereocenters. The van der Waals surface area contributed by atoms with Crippen LogP contribution in [0.15, 0.2) is 48.8 Å². The van der Waals surface area contributed by atoms with Crippen LogP contribution in [0.25, 0.3) is 11.1 Å². The summed E-state index contributed by atoms with van der Waals surface area (Å²) in [5, 5.41) is 19.5. The molecule has 1 aromatic carbocycles. The molecule has 10 heteroatoms. The normalized spacial score (nSPS) is 22.7. The van der Waals surface area contributed by atoms with Gasteiger partial charge in [-0.05, 0) is 54.4 Å². The molecule has 35 heavy (non-hydrogen) atoms. The van der Waals surface area contributed by atoms with Gasteiger partial charge in [-0.3, -0.25) is 9.48 Å². The third kappa shape index (κ3) is 4.86. The number of ether oxygens (including phenoxy) is 1. The molecule has 1 aliphatic carbocycles. The van der Waals surface area contributed by atoms with Gasteiger partial charge in [0.05, 0.1) is 17.8 Å². The summed E-state index contributed by atoms with van der Waals surface area (Å²) >= 11 is 0. The smallest absolute Gasteiger partial charge is 0.296 e. The number of halogens is 2.